The van der Waals surface area contributed by atoms with Crippen LogP contribution in [0, 0.1) is 0 Å². The molecule has 0 amide bonds. The smallest absolute Gasteiger partial charge is 0.258 e. The molecule has 0 bridgehead atoms. The summed E-state index contributed by atoms with van der Waals surface area (Å²) >= 11 is 0. The van der Waals surface area contributed by atoms with Crippen LogP contribution in [0.2, 0.25) is 0 Å². The molecule has 0 radical (unpaired) electrons. The summed E-state index contributed by atoms with van der Waals surface area (Å²) in [6, 6.07) is 28.1. The molecule has 0 saturated carbocycles. The highest BCUT2D eigenvalue weighted by Gasteiger charge is 2.20. The van der Waals surface area contributed by atoms with Gasteiger partial charge in [-0.2, -0.15) is 0 Å². The summed E-state index contributed by atoms with van der Waals surface area (Å²) in [5, 5.41) is 3.17. The van der Waals surface area contributed by atoms with Crippen molar-refractivity contribution in [3.05, 3.63) is 107 Å². The van der Waals surface area contributed by atoms with Gasteiger partial charge in [-0.3, -0.25) is 4.79 Å². The van der Waals surface area contributed by atoms with Gasteiger partial charge in [0.15, 0.2) is 0 Å². The topological polar surface area (TPSA) is 80.6 Å². The molecule has 1 heterocycles. The van der Waals surface area contributed by atoms with Crippen LogP contribution in [0.5, 0.6) is 5.75 Å². The molecule has 1 N–H and O–H groups in total. The van der Waals surface area contributed by atoms with Gasteiger partial charge in [0.05, 0.1) is 12.0 Å². The van der Waals surface area contributed by atoms with E-state index in [9.17, 15) is 13.2 Å². The standard InChI is InChI=1S/C31H31N3O4S/c1-33(2)21-29-30(23-10-5-4-6-11-23)28-20-25(38-3)14-16-27(28)31(35)34(29)18-17-32-39(36,37)26-15-13-22-9-7-8-12-24(22)19-26/h4-16,19-20,32H,17-18,21H2,1-3H3. The van der Waals surface area contributed by atoms with Crippen molar-refractivity contribution >= 4 is 31.6 Å². The van der Waals surface area contributed by atoms with Gasteiger partial charge in [0.2, 0.25) is 10.0 Å². The van der Waals surface area contributed by atoms with E-state index in [2.05, 4.69) is 4.72 Å². The predicted octanol–water partition coefficient (Wildman–Crippen LogP) is 4.87. The van der Waals surface area contributed by atoms with Crippen molar-refractivity contribution in [3.8, 4) is 16.9 Å². The third-order valence-corrected chi connectivity index (χ3v) is 8.23. The van der Waals surface area contributed by atoms with Crippen molar-refractivity contribution in [3.63, 3.8) is 0 Å². The van der Waals surface area contributed by atoms with Crippen LogP contribution in [-0.4, -0.2) is 45.6 Å². The second-order valence-electron chi connectivity index (χ2n) is 9.70. The molecule has 200 valence electrons. The number of ether oxygens (including phenoxy) is 1. The Hall–Kier alpha value is -3.98. The van der Waals surface area contributed by atoms with Gasteiger partial charge < -0.3 is 14.2 Å². The van der Waals surface area contributed by atoms with Crippen LogP contribution in [-0.2, 0) is 23.1 Å². The number of hydrogen-bond acceptors (Lipinski definition) is 5. The Morgan fingerprint density at radius 3 is 2.28 bits per heavy atom. The highest BCUT2D eigenvalue weighted by molar-refractivity contribution is 7.89. The van der Waals surface area contributed by atoms with E-state index in [1.807, 2.05) is 79.7 Å². The van der Waals surface area contributed by atoms with E-state index in [1.54, 1.807) is 42.0 Å². The van der Waals surface area contributed by atoms with Crippen LogP contribution in [0.1, 0.15) is 5.69 Å². The van der Waals surface area contributed by atoms with Crippen molar-refractivity contribution in [2.75, 3.05) is 27.7 Å². The monoisotopic (exact) mass is 541 g/mol. The fourth-order valence-corrected chi connectivity index (χ4v) is 6.00. The quantitative estimate of drug-likeness (QED) is 0.288. The maximum Gasteiger partial charge on any atom is 0.258 e. The van der Waals surface area contributed by atoms with Crippen molar-refractivity contribution < 1.29 is 13.2 Å². The van der Waals surface area contributed by atoms with Gasteiger partial charge >= 0.3 is 0 Å². The van der Waals surface area contributed by atoms with Crippen LogP contribution in [0.25, 0.3) is 32.7 Å². The second kappa shape index (κ2) is 11.0. The van der Waals surface area contributed by atoms with E-state index in [1.165, 1.54) is 0 Å². The largest absolute Gasteiger partial charge is 0.497 e. The number of benzene rings is 4. The third-order valence-electron chi connectivity index (χ3n) is 6.77. The van der Waals surface area contributed by atoms with Crippen LogP contribution >= 0.6 is 0 Å². The van der Waals surface area contributed by atoms with Crippen molar-refractivity contribution in [2.45, 2.75) is 18.0 Å². The average molecular weight is 542 g/mol. The Morgan fingerprint density at radius 1 is 0.846 bits per heavy atom. The Labute approximate surface area is 228 Å². The Kier molecular flexibility index (Phi) is 7.52. The SMILES string of the molecule is COc1ccc2c(=O)n(CCNS(=O)(=O)c3ccc4ccccc4c3)c(CN(C)C)c(-c3ccccc3)c2c1. The molecular formula is C31H31N3O4S. The first kappa shape index (κ1) is 26.6. The third kappa shape index (κ3) is 5.45. The molecule has 0 unspecified atom stereocenters. The number of nitrogens with one attached hydrogen (secondary N) is 1. The zero-order valence-electron chi connectivity index (χ0n) is 22.2. The minimum Gasteiger partial charge on any atom is -0.497 e. The van der Waals surface area contributed by atoms with Crippen LogP contribution in [0.4, 0.5) is 0 Å². The zero-order chi connectivity index (χ0) is 27.6. The highest BCUT2D eigenvalue weighted by atomic mass is 32.2. The molecule has 4 aromatic carbocycles. The molecule has 1 aromatic heterocycles. The maximum atomic E-state index is 13.8. The normalized spacial score (nSPS) is 11.9. The number of methoxy groups -OCH3 is 1. The van der Waals surface area contributed by atoms with E-state index >= 15 is 0 Å². The first-order valence-electron chi connectivity index (χ1n) is 12.7. The van der Waals surface area contributed by atoms with E-state index in [-0.39, 0.29) is 23.5 Å². The van der Waals surface area contributed by atoms with Gasteiger partial charge in [0.25, 0.3) is 5.56 Å². The van der Waals surface area contributed by atoms with Gasteiger partial charge in [-0.15, -0.1) is 0 Å². The van der Waals surface area contributed by atoms with Gasteiger partial charge in [-0.05, 0) is 60.8 Å². The first-order valence-corrected chi connectivity index (χ1v) is 14.2. The van der Waals surface area contributed by atoms with Crippen molar-refractivity contribution in [1.82, 2.24) is 14.2 Å². The molecular weight excluding hydrogens is 510 g/mol. The van der Waals surface area contributed by atoms with Gasteiger partial charge in [-0.1, -0.05) is 60.7 Å². The first-order chi connectivity index (χ1) is 18.8. The number of sulfonamides is 1. The van der Waals surface area contributed by atoms with E-state index in [0.717, 1.165) is 33.0 Å². The fourth-order valence-electron chi connectivity index (χ4n) is 4.94. The summed E-state index contributed by atoms with van der Waals surface area (Å²) < 4.78 is 36.2. The summed E-state index contributed by atoms with van der Waals surface area (Å²) in [4.78, 5) is 16.0. The fraction of sp³-hybridized carbons (Fsp3) is 0.194. The Balaban J connectivity index is 1.57. The number of fused-ring (bicyclic) bond motifs is 2. The average Bonchev–Trinajstić information content (AvgIpc) is 2.94. The molecule has 0 saturated heterocycles. The molecule has 0 spiro atoms. The Bertz CT molecular complexity index is 1810. The number of rotatable bonds is 9. The van der Waals surface area contributed by atoms with E-state index in [0.29, 0.717) is 17.7 Å². The molecule has 5 aromatic rings. The zero-order valence-corrected chi connectivity index (χ0v) is 23.0. The van der Waals surface area contributed by atoms with Gasteiger partial charge in [0.1, 0.15) is 5.75 Å². The molecule has 0 aliphatic rings. The minimum absolute atomic E-state index is 0.0609. The van der Waals surface area contributed by atoms with Crippen molar-refractivity contribution in [1.29, 1.82) is 0 Å². The number of pyridine rings is 1. The lowest BCUT2D eigenvalue weighted by Crippen LogP contribution is -2.34. The lowest BCUT2D eigenvalue weighted by molar-refractivity contribution is 0.385. The lowest BCUT2D eigenvalue weighted by Gasteiger charge is -2.23. The molecule has 7 nitrogen and oxygen atoms in total. The van der Waals surface area contributed by atoms with Crippen LogP contribution < -0.4 is 15.0 Å². The molecule has 8 heteroatoms. The molecule has 0 atom stereocenters. The summed E-state index contributed by atoms with van der Waals surface area (Å²) in [5.74, 6) is 0.663. The molecule has 0 aliphatic heterocycles. The minimum atomic E-state index is -3.78. The van der Waals surface area contributed by atoms with Crippen LogP contribution in [0.3, 0.4) is 0 Å². The number of aromatic nitrogens is 1. The highest BCUT2D eigenvalue weighted by Crippen LogP contribution is 2.33. The van der Waals surface area contributed by atoms with E-state index < -0.39 is 10.0 Å². The van der Waals surface area contributed by atoms with Crippen molar-refractivity contribution in [2.24, 2.45) is 0 Å². The predicted molar refractivity (Wildman–Crippen MR) is 157 cm³/mol. The lowest BCUT2D eigenvalue weighted by atomic mass is 9.96. The van der Waals surface area contributed by atoms with Gasteiger partial charge in [0, 0.05) is 41.7 Å². The molecule has 5 rings (SSSR count). The Morgan fingerprint density at radius 2 is 1.56 bits per heavy atom. The maximum absolute atomic E-state index is 13.8. The van der Waals surface area contributed by atoms with E-state index in [4.69, 9.17) is 4.74 Å². The summed E-state index contributed by atoms with van der Waals surface area (Å²) in [7, 11) is 1.72. The van der Waals surface area contributed by atoms with Crippen LogP contribution in [0.15, 0.2) is 101 Å². The number of hydrogen-bond donors (Lipinski definition) is 1. The number of nitrogens with zero attached hydrogens (tertiary/aromatic N) is 2. The van der Waals surface area contributed by atoms with Gasteiger partial charge in [-0.25, -0.2) is 13.1 Å². The summed E-state index contributed by atoms with van der Waals surface area (Å²) in [5.41, 5.74) is 2.53. The summed E-state index contributed by atoms with van der Waals surface area (Å²) in [6.45, 7) is 0.728. The molecule has 0 aliphatic carbocycles. The molecule has 0 fully saturated rings. The summed E-state index contributed by atoms with van der Waals surface area (Å²) in [6.07, 6.45) is 0. The molecule has 39 heavy (non-hydrogen) atoms. The second-order valence-corrected chi connectivity index (χ2v) is 11.5.